The van der Waals surface area contributed by atoms with E-state index < -0.39 is 80.1 Å². The van der Waals surface area contributed by atoms with Crippen LogP contribution in [0.1, 0.15) is 27.0 Å². The lowest BCUT2D eigenvalue weighted by atomic mass is 9.92. The van der Waals surface area contributed by atoms with Crippen molar-refractivity contribution in [1.29, 1.82) is 5.26 Å². The van der Waals surface area contributed by atoms with Gasteiger partial charge in [0, 0.05) is 10.0 Å². The van der Waals surface area contributed by atoms with Crippen molar-refractivity contribution in [3.63, 3.8) is 0 Å². The zero-order valence-corrected chi connectivity index (χ0v) is 17.4. The number of amides is 1. The van der Waals surface area contributed by atoms with Gasteiger partial charge in [-0.3, -0.25) is 4.79 Å². The number of nitrogens with two attached hydrogens (primary N) is 1. The maximum absolute atomic E-state index is 14.3. The minimum atomic E-state index is -6.71. The topological polar surface area (TPSA) is 78.9 Å². The summed E-state index contributed by atoms with van der Waals surface area (Å²) in [5, 5.41) is 10.3. The lowest BCUT2D eigenvalue weighted by molar-refractivity contribution is -0.348. The van der Waals surface area contributed by atoms with Gasteiger partial charge in [-0.05, 0) is 40.2 Å². The zero-order valence-electron chi connectivity index (χ0n) is 15.8. The fourth-order valence-corrected chi connectivity index (χ4v) is 3.25. The second kappa shape index (κ2) is 8.60. The number of nitrogens with one attached hydrogen (secondary N) is 1. The molecule has 0 aromatic heterocycles. The van der Waals surface area contributed by atoms with Crippen LogP contribution in [0.3, 0.4) is 0 Å². The predicted molar refractivity (Wildman–Crippen MR) is 97.5 cm³/mol. The molecule has 184 valence electrons. The number of nitrogens with zero attached hydrogens (tertiary/aromatic N) is 1. The Labute approximate surface area is 190 Å². The quantitative estimate of drug-likeness (QED) is 0.323. The summed E-state index contributed by atoms with van der Waals surface area (Å²) in [6.07, 6.45) is -19.1. The number of benzene rings is 2. The van der Waals surface area contributed by atoms with Gasteiger partial charge in [0.15, 0.2) is 5.82 Å². The van der Waals surface area contributed by atoms with Gasteiger partial charge in [0.2, 0.25) is 0 Å². The minimum Gasteiger partial charge on any atom is -0.395 e. The molecule has 1 amide bonds. The van der Waals surface area contributed by atoms with E-state index in [1.807, 2.05) is 0 Å². The highest BCUT2D eigenvalue weighted by molar-refractivity contribution is 9.10. The Balaban J connectivity index is 2.72. The number of carbonyl (C=O) groups is 1. The number of halogens is 12. The molecule has 34 heavy (non-hydrogen) atoms. The van der Waals surface area contributed by atoms with Crippen molar-refractivity contribution in [2.45, 2.75) is 24.2 Å². The Hall–Kier alpha value is -3.09. The Kier molecular flexibility index (Phi) is 6.87. The number of hydrogen-bond acceptors (Lipinski definition) is 3. The molecule has 16 heteroatoms. The Morgan fingerprint density at radius 2 is 1.50 bits per heavy atom. The first kappa shape index (κ1) is 27.2. The predicted octanol–water partition coefficient (Wildman–Crippen LogP) is 6.60. The van der Waals surface area contributed by atoms with Crippen LogP contribution in [0.25, 0.3) is 0 Å². The van der Waals surface area contributed by atoms with Crippen molar-refractivity contribution in [2.75, 3.05) is 11.1 Å². The summed E-state index contributed by atoms with van der Waals surface area (Å²) in [5.74, 6) is -3.19. The van der Waals surface area contributed by atoms with E-state index in [-0.39, 0.29) is 6.07 Å². The number of alkyl halides is 10. The van der Waals surface area contributed by atoms with Gasteiger partial charge in [0.05, 0.1) is 28.1 Å². The van der Waals surface area contributed by atoms with Crippen molar-refractivity contribution in [3.8, 4) is 6.07 Å². The molecule has 0 fully saturated rings. The third-order valence-corrected chi connectivity index (χ3v) is 4.98. The fourth-order valence-electron chi connectivity index (χ4n) is 2.69. The van der Waals surface area contributed by atoms with Crippen molar-refractivity contribution < 1.29 is 53.1 Å². The molecule has 2 rings (SSSR count). The number of rotatable bonds is 3. The van der Waals surface area contributed by atoms with Crippen molar-refractivity contribution in [2.24, 2.45) is 0 Å². The zero-order chi connectivity index (χ0) is 26.4. The molecule has 0 unspecified atom stereocenters. The number of nitrogen functional groups attached to an aromatic ring is 1. The number of anilines is 2. The highest BCUT2D eigenvalue weighted by Gasteiger charge is 2.73. The Morgan fingerprint density at radius 3 is 1.94 bits per heavy atom. The maximum Gasteiger partial charge on any atom is 0.435 e. The smallest absolute Gasteiger partial charge is 0.395 e. The van der Waals surface area contributed by atoms with Crippen LogP contribution in [0.15, 0.2) is 28.7 Å². The van der Waals surface area contributed by atoms with Gasteiger partial charge in [0.1, 0.15) is 6.07 Å². The van der Waals surface area contributed by atoms with Gasteiger partial charge < -0.3 is 11.1 Å². The van der Waals surface area contributed by atoms with E-state index in [9.17, 15) is 53.1 Å². The molecule has 0 radical (unpaired) electrons. The molecule has 0 aliphatic rings. The lowest BCUT2D eigenvalue weighted by Gasteiger charge is -2.31. The fraction of sp³-hybridized carbons (Fsp3) is 0.222. The first-order valence-corrected chi connectivity index (χ1v) is 9.09. The molecular weight excluding hydrogens is 563 g/mol. The molecule has 0 spiro atoms. The molecule has 0 atom stereocenters. The number of nitriles is 1. The second-order valence-corrected chi connectivity index (χ2v) is 7.34. The Bertz CT molecular complexity index is 1170. The lowest BCUT2D eigenvalue weighted by Crippen LogP contribution is -2.50. The summed E-state index contributed by atoms with van der Waals surface area (Å²) in [5.41, 5.74) is -9.42. The maximum atomic E-state index is 14.3. The first-order chi connectivity index (χ1) is 15.3. The average molecular weight is 570 g/mol. The van der Waals surface area contributed by atoms with Crippen LogP contribution in [0.5, 0.6) is 0 Å². The van der Waals surface area contributed by atoms with Crippen LogP contribution >= 0.6 is 15.9 Å². The largest absolute Gasteiger partial charge is 0.435 e. The second-order valence-electron chi connectivity index (χ2n) is 6.49. The molecule has 2 aromatic carbocycles. The van der Waals surface area contributed by atoms with Crippen molar-refractivity contribution >= 4 is 33.2 Å². The average Bonchev–Trinajstić information content (AvgIpc) is 2.67. The standard InChI is InChI=1S/C18H7BrF11N3O/c19-10-4-7(15(21,17(25,26)27)18(28,29)30)3-9(16(22,23)24)13(10)33-14(34)8-2-1-6(5-31)12(32)11(8)20/h1-4H,32H2,(H,33,34). The molecule has 0 saturated carbocycles. The summed E-state index contributed by atoms with van der Waals surface area (Å²) < 4.78 is 146. The highest BCUT2D eigenvalue weighted by atomic mass is 79.9. The molecule has 0 aliphatic carbocycles. The van der Waals surface area contributed by atoms with E-state index in [1.165, 1.54) is 11.4 Å². The molecule has 2 aromatic rings. The number of carbonyl (C=O) groups excluding carboxylic acids is 1. The van der Waals surface area contributed by atoms with Crippen LogP contribution in [-0.2, 0) is 11.8 Å². The monoisotopic (exact) mass is 569 g/mol. The summed E-state index contributed by atoms with van der Waals surface area (Å²) in [6.45, 7) is 0. The van der Waals surface area contributed by atoms with Crippen LogP contribution < -0.4 is 11.1 Å². The highest BCUT2D eigenvalue weighted by Crippen LogP contribution is 2.55. The third kappa shape index (κ3) is 4.61. The normalized spacial score (nSPS) is 12.9. The van der Waals surface area contributed by atoms with Crippen LogP contribution in [0, 0.1) is 17.1 Å². The van der Waals surface area contributed by atoms with Crippen molar-refractivity contribution in [3.05, 3.63) is 56.8 Å². The van der Waals surface area contributed by atoms with E-state index in [4.69, 9.17) is 11.0 Å². The molecule has 0 saturated heterocycles. The summed E-state index contributed by atoms with van der Waals surface area (Å²) >= 11 is 2.30. The molecule has 3 N–H and O–H groups in total. The SMILES string of the molecule is N#Cc1ccc(C(=O)Nc2c(Br)cc(C(F)(C(F)(F)F)C(F)(F)F)cc2C(F)(F)F)c(F)c1N. The minimum absolute atomic E-state index is 0.255. The molecule has 0 heterocycles. The molecular formula is C18H7BrF11N3O. The molecule has 4 nitrogen and oxygen atoms in total. The van der Waals surface area contributed by atoms with E-state index >= 15 is 0 Å². The van der Waals surface area contributed by atoms with E-state index in [0.29, 0.717) is 6.07 Å². The summed E-state index contributed by atoms with van der Waals surface area (Å²) in [4.78, 5) is 12.3. The molecule has 0 bridgehead atoms. The molecule has 0 aliphatic heterocycles. The third-order valence-electron chi connectivity index (χ3n) is 4.36. The van der Waals surface area contributed by atoms with Crippen molar-refractivity contribution in [1.82, 2.24) is 0 Å². The van der Waals surface area contributed by atoms with Gasteiger partial charge in [0.25, 0.3) is 5.91 Å². The van der Waals surface area contributed by atoms with E-state index in [1.54, 1.807) is 0 Å². The Morgan fingerprint density at radius 1 is 0.971 bits per heavy atom. The van der Waals surface area contributed by atoms with Crippen LogP contribution in [-0.4, -0.2) is 18.3 Å². The van der Waals surface area contributed by atoms with Gasteiger partial charge >= 0.3 is 24.2 Å². The van der Waals surface area contributed by atoms with Gasteiger partial charge in [-0.1, -0.05) is 0 Å². The summed E-state index contributed by atoms with van der Waals surface area (Å²) in [7, 11) is 0. The van der Waals surface area contributed by atoms with Crippen LogP contribution in [0.2, 0.25) is 0 Å². The van der Waals surface area contributed by atoms with Gasteiger partial charge in [-0.25, -0.2) is 8.78 Å². The van der Waals surface area contributed by atoms with E-state index in [2.05, 4.69) is 15.9 Å². The van der Waals surface area contributed by atoms with Crippen LogP contribution in [0.4, 0.5) is 59.7 Å². The first-order valence-electron chi connectivity index (χ1n) is 8.30. The van der Waals surface area contributed by atoms with E-state index in [0.717, 1.165) is 6.07 Å². The van der Waals surface area contributed by atoms with Gasteiger partial charge in [-0.15, -0.1) is 0 Å². The van der Waals surface area contributed by atoms with Gasteiger partial charge in [-0.2, -0.15) is 44.8 Å². The summed E-state index contributed by atoms with van der Waals surface area (Å²) in [6, 6.07) is 1.92. The number of hydrogen-bond donors (Lipinski definition) is 2.